The van der Waals surface area contributed by atoms with Gasteiger partial charge < -0.3 is 20.1 Å². The van der Waals surface area contributed by atoms with Crippen molar-refractivity contribution in [1.29, 1.82) is 0 Å². The van der Waals surface area contributed by atoms with Gasteiger partial charge in [0.05, 0.1) is 24.5 Å². The fraction of sp³-hybridized carbons (Fsp3) is 0.476. The Morgan fingerprint density at radius 2 is 2.06 bits per heavy atom. The van der Waals surface area contributed by atoms with Crippen molar-refractivity contribution in [3.05, 3.63) is 48.0 Å². The molecule has 0 radical (unpaired) electrons. The van der Waals surface area contributed by atoms with E-state index in [0.29, 0.717) is 23.4 Å². The topological polar surface area (TPSA) is 168 Å². The molecule has 0 amide bonds. The summed E-state index contributed by atoms with van der Waals surface area (Å²) in [6.07, 6.45) is 4.12. The number of hydrogen-bond acceptors (Lipinski definition) is 8. The van der Waals surface area contributed by atoms with Crippen LogP contribution in [0.4, 0.5) is 5.82 Å². The van der Waals surface area contributed by atoms with Gasteiger partial charge in [0, 0.05) is 12.5 Å². The number of nitrogens with zero attached hydrogens (tertiary/aromatic N) is 4. The molecular weight excluding hydrogens is 446 g/mol. The van der Waals surface area contributed by atoms with Crippen LogP contribution in [0.3, 0.4) is 0 Å². The Bertz CT molecular complexity index is 1290. The van der Waals surface area contributed by atoms with Crippen LogP contribution in [0.1, 0.15) is 43.0 Å². The number of benzene rings is 1. The molecule has 0 bridgehead atoms. The Morgan fingerprint density at radius 1 is 1.27 bits per heavy atom. The van der Waals surface area contributed by atoms with E-state index >= 15 is 0 Å². The molecule has 3 aromatic rings. The maximum atomic E-state index is 11.3. The lowest BCUT2D eigenvalue weighted by molar-refractivity contribution is -0.0722. The van der Waals surface area contributed by atoms with Crippen LogP contribution in [0.15, 0.2) is 36.9 Å². The predicted octanol–water partition coefficient (Wildman–Crippen LogP) is 0.392. The van der Waals surface area contributed by atoms with E-state index < -0.39 is 33.9 Å². The van der Waals surface area contributed by atoms with Gasteiger partial charge in [-0.3, -0.25) is 0 Å². The number of nitrogens with two attached hydrogens (primary N) is 1. The molecule has 11 nitrogen and oxygen atoms in total. The summed E-state index contributed by atoms with van der Waals surface area (Å²) >= 11 is 0. The van der Waals surface area contributed by atoms with E-state index in [2.05, 4.69) is 37.1 Å². The number of nitrogens with one attached hydrogen (secondary N) is 2. The standard InChI is InChI=1S/C21H27N7O4S/c1-21(30)16(8-13(18(21)29)9-26-33(22,31)32)28-11-25-17-19(23-10-24-20(17)28)27-15-7-6-12-4-2-3-5-14(12)15/h2-5,10-11,13,15-16,18,26,29-30H,6-9H2,1H3,(H2,22,31,32)(H,23,24,27)/t13-,15?,16-,18-,21+/m1/s1. The predicted molar refractivity (Wildman–Crippen MR) is 121 cm³/mol. The van der Waals surface area contributed by atoms with Crippen molar-refractivity contribution in [1.82, 2.24) is 24.2 Å². The van der Waals surface area contributed by atoms with E-state index in [-0.39, 0.29) is 12.6 Å². The highest BCUT2D eigenvalue weighted by Gasteiger charge is 2.52. The molecule has 1 aromatic carbocycles. The van der Waals surface area contributed by atoms with Crippen LogP contribution in [0.25, 0.3) is 11.2 Å². The summed E-state index contributed by atoms with van der Waals surface area (Å²) in [5, 5.41) is 30.3. The van der Waals surface area contributed by atoms with Crippen LogP contribution in [0.2, 0.25) is 0 Å². The second-order valence-corrected chi connectivity index (χ2v) is 10.4. The van der Waals surface area contributed by atoms with Crippen LogP contribution >= 0.6 is 0 Å². The molecule has 1 saturated carbocycles. The second-order valence-electron chi connectivity index (χ2n) is 9.06. The smallest absolute Gasteiger partial charge is 0.274 e. The van der Waals surface area contributed by atoms with Crippen LogP contribution in [-0.2, 0) is 16.6 Å². The van der Waals surface area contributed by atoms with Gasteiger partial charge in [-0.1, -0.05) is 24.3 Å². The van der Waals surface area contributed by atoms with Crippen LogP contribution in [0.5, 0.6) is 0 Å². The monoisotopic (exact) mass is 473 g/mol. The minimum absolute atomic E-state index is 0.0812. The third-order valence-corrected chi connectivity index (χ3v) is 7.50. The van der Waals surface area contributed by atoms with Crippen molar-refractivity contribution in [2.45, 2.75) is 50.0 Å². The van der Waals surface area contributed by atoms with Crippen molar-refractivity contribution in [2.75, 3.05) is 11.9 Å². The molecule has 1 unspecified atom stereocenters. The number of anilines is 1. The fourth-order valence-electron chi connectivity index (χ4n) is 5.20. The molecule has 1 fully saturated rings. The number of aliphatic hydroxyl groups is 2. The zero-order valence-corrected chi connectivity index (χ0v) is 18.9. The minimum Gasteiger partial charge on any atom is -0.390 e. The number of aromatic nitrogens is 4. The number of hydrogen-bond donors (Lipinski definition) is 5. The third-order valence-electron chi connectivity index (χ3n) is 6.93. The number of fused-ring (bicyclic) bond motifs is 2. The SMILES string of the molecule is C[C@@]1(O)[C@H](O)[C@@H](CNS(N)(=O)=O)C[C@H]1n1cnc2c(NC3CCc4ccccc43)ncnc21. The molecule has 2 aliphatic carbocycles. The molecule has 0 saturated heterocycles. The Morgan fingerprint density at radius 3 is 2.85 bits per heavy atom. The zero-order valence-electron chi connectivity index (χ0n) is 18.1. The highest BCUT2D eigenvalue weighted by Crippen LogP contribution is 2.44. The normalized spacial score (nSPS) is 29.5. The number of aliphatic hydroxyl groups excluding tert-OH is 1. The van der Waals surface area contributed by atoms with Gasteiger partial charge >= 0.3 is 0 Å². The van der Waals surface area contributed by atoms with Gasteiger partial charge in [-0.25, -0.2) is 24.8 Å². The van der Waals surface area contributed by atoms with Gasteiger partial charge in [-0.2, -0.15) is 8.42 Å². The van der Waals surface area contributed by atoms with Crippen LogP contribution < -0.4 is 15.2 Å². The second kappa shape index (κ2) is 7.99. The molecule has 0 aliphatic heterocycles. The average molecular weight is 474 g/mol. The summed E-state index contributed by atoms with van der Waals surface area (Å²) in [5.41, 5.74) is 2.13. The first-order chi connectivity index (χ1) is 15.6. The molecule has 0 spiro atoms. The van der Waals surface area contributed by atoms with Gasteiger partial charge in [0.2, 0.25) is 0 Å². The zero-order chi connectivity index (χ0) is 23.4. The largest absolute Gasteiger partial charge is 0.390 e. The summed E-state index contributed by atoms with van der Waals surface area (Å²) in [6, 6.07) is 7.87. The lowest BCUT2D eigenvalue weighted by atomic mass is 9.96. The third kappa shape index (κ3) is 3.97. The first-order valence-corrected chi connectivity index (χ1v) is 12.4. The van der Waals surface area contributed by atoms with Crippen molar-refractivity contribution < 1.29 is 18.6 Å². The fourth-order valence-corrected chi connectivity index (χ4v) is 5.65. The lowest BCUT2D eigenvalue weighted by Gasteiger charge is -2.30. The molecule has 2 heterocycles. The minimum atomic E-state index is -3.91. The van der Waals surface area contributed by atoms with Crippen molar-refractivity contribution >= 4 is 27.2 Å². The summed E-state index contributed by atoms with van der Waals surface area (Å²) in [7, 11) is -3.91. The highest BCUT2D eigenvalue weighted by molar-refractivity contribution is 7.87. The maximum Gasteiger partial charge on any atom is 0.274 e. The van der Waals surface area contributed by atoms with Crippen molar-refractivity contribution in [3.63, 3.8) is 0 Å². The highest BCUT2D eigenvalue weighted by atomic mass is 32.2. The molecule has 176 valence electrons. The van der Waals surface area contributed by atoms with Crippen molar-refractivity contribution in [3.8, 4) is 0 Å². The Hall–Kier alpha value is -2.64. The molecule has 33 heavy (non-hydrogen) atoms. The quantitative estimate of drug-likeness (QED) is 0.342. The summed E-state index contributed by atoms with van der Waals surface area (Å²) in [5.74, 6) is 0.0706. The first-order valence-electron chi connectivity index (χ1n) is 10.8. The van der Waals surface area contributed by atoms with Crippen LogP contribution in [-0.4, -0.2) is 56.4 Å². The van der Waals surface area contributed by atoms with E-state index in [1.165, 1.54) is 24.4 Å². The summed E-state index contributed by atoms with van der Waals surface area (Å²) < 4.78 is 26.5. The number of rotatable bonds is 6. The molecule has 2 aromatic heterocycles. The van der Waals surface area contributed by atoms with E-state index in [9.17, 15) is 18.6 Å². The van der Waals surface area contributed by atoms with Crippen molar-refractivity contribution in [2.24, 2.45) is 11.1 Å². The van der Waals surface area contributed by atoms with E-state index in [1.807, 2.05) is 12.1 Å². The Balaban J connectivity index is 1.43. The maximum absolute atomic E-state index is 11.3. The number of aryl methyl sites for hydroxylation is 1. The van der Waals surface area contributed by atoms with E-state index in [4.69, 9.17) is 5.14 Å². The summed E-state index contributed by atoms with van der Waals surface area (Å²) in [4.78, 5) is 13.3. The molecular formula is C21H27N7O4S. The van der Waals surface area contributed by atoms with Gasteiger partial charge in [0.1, 0.15) is 17.4 Å². The molecule has 5 rings (SSSR count). The number of imidazole rings is 1. The molecule has 2 aliphatic rings. The summed E-state index contributed by atoms with van der Waals surface area (Å²) in [6.45, 7) is 1.45. The molecule has 5 atom stereocenters. The average Bonchev–Trinajstić information content (AvgIpc) is 3.43. The lowest BCUT2D eigenvalue weighted by Crippen LogP contribution is -2.44. The first kappa shape index (κ1) is 22.2. The van der Waals surface area contributed by atoms with E-state index in [1.54, 1.807) is 10.9 Å². The van der Waals surface area contributed by atoms with E-state index in [0.717, 1.165) is 12.8 Å². The Kier molecular flexibility index (Phi) is 5.37. The van der Waals surface area contributed by atoms with Crippen LogP contribution in [0, 0.1) is 5.92 Å². The molecule has 6 N–H and O–H groups in total. The van der Waals surface area contributed by atoms with Gasteiger partial charge in [-0.05, 0) is 37.3 Å². The van der Waals surface area contributed by atoms with Gasteiger partial charge in [0.15, 0.2) is 11.5 Å². The van der Waals surface area contributed by atoms with Gasteiger partial charge in [-0.15, -0.1) is 0 Å². The van der Waals surface area contributed by atoms with Gasteiger partial charge in [0.25, 0.3) is 10.2 Å². The molecule has 12 heteroatoms. The Labute approximate surface area is 191 Å².